The molecule has 1 N–H and O–H groups in total. The second kappa shape index (κ2) is 8.81. The summed E-state index contributed by atoms with van der Waals surface area (Å²) in [7, 11) is 0. The van der Waals surface area contributed by atoms with Crippen molar-refractivity contribution in [1.82, 2.24) is 4.90 Å². The maximum absolute atomic E-state index is 13.1. The van der Waals surface area contributed by atoms with Crippen molar-refractivity contribution in [3.8, 4) is 0 Å². The molecule has 2 aromatic rings. The molecule has 1 fully saturated rings. The maximum atomic E-state index is 13.1. The van der Waals surface area contributed by atoms with E-state index in [4.69, 9.17) is 17.0 Å². The number of hydrogen-bond acceptors (Lipinski definition) is 4. The number of hydrogen-bond donors (Lipinski definition) is 1. The molecule has 1 heterocycles. The fraction of sp³-hybridized carbons (Fsp3) is 0.300. The van der Waals surface area contributed by atoms with Crippen molar-refractivity contribution < 1.29 is 13.9 Å². The molecule has 1 aliphatic rings. The number of nitrogens with one attached hydrogen (secondary N) is 1. The molecular formula is C20H22FN3O2S. The third-order valence-corrected chi connectivity index (χ3v) is 4.78. The van der Waals surface area contributed by atoms with Gasteiger partial charge in [-0.25, -0.2) is 9.18 Å². The van der Waals surface area contributed by atoms with Crippen LogP contribution >= 0.6 is 12.2 Å². The van der Waals surface area contributed by atoms with Gasteiger partial charge >= 0.3 is 5.97 Å². The predicted molar refractivity (Wildman–Crippen MR) is 109 cm³/mol. The smallest absolute Gasteiger partial charge is 0.340 e. The summed E-state index contributed by atoms with van der Waals surface area (Å²) in [6.45, 7) is 5.15. The summed E-state index contributed by atoms with van der Waals surface area (Å²) in [6, 6.07) is 13.7. The largest absolute Gasteiger partial charge is 0.462 e. The first kappa shape index (κ1) is 19.1. The van der Waals surface area contributed by atoms with Gasteiger partial charge in [0.1, 0.15) is 5.82 Å². The number of para-hydroxylation sites is 1. The Labute approximate surface area is 163 Å². The van der Waals surface area contributed by atoms with E-state index in [9.17, 15) is 9.18 Å². The first-order chi connectivity index (χ1) is 13.1. The van der Waals surface area contributed by atoms with Gasteiger partial charge in [0.25, 0.3) is 0 Å². The number of halogens is 1. The van der Waals surface area contributed by atoms with E-state index in [1.807, 2.05) is 12.1 Å². The second-order valence-electron chi connectivity index (χ2n) is 6.15. The number of nitrogens with zero attached hydrogens (tertiary/aromatic N) is 2. The van der Waals surface area contributed by atoms with Crippen molar-refractivity contribution >= 4 is 34.7 Å². The number of piperazine rings is 1. The quantitative estimate of drug-likeness (QED) is 0.640. The van der Waals surface area contributed by atoms with Crippen LogP contribution in [0.1, 0.15) is 17.3 Å². The molecule has 5 nitrogen and oxygen atoms in total. The molecule has 1 saturated heterocycles. The highest BCUT2D eigenvalue weighted by Gasteiger charge is 2.20. The molecule has 1 aliphatic heterocycles. The second-order valence-corrected chi connectivity index (χ2v) is 6.53. The van der Waals surface area contributed by atoms with E-state index in [1.54, 1.807) is 31.2 Å². The van der Waals surface area contributed by atoms with Crippen molar-refractivity contribution in [2.75, 3.05) is 43.0 Å². The van der Waals surface area contributed by atoms with Crippen molar-refractivity contribution in [2.24, 2.45) is 0 Å². The molecule has 0 amide bonds. The van der Waals surface area contributed by atoms with E-state index < -0.39 is 0 Å². The van der Waals surface area contributed by atoms with Crippen molar-refractivity contribution in [1.29, 1.82) is 0 Å². The van der Waals surface area contributed by atoms with Crippen LogP contribution in [-0.2, 0) is 4.74 Å². The van der Waals surface area contributed by atoms with E-state index in [0.29, 0.717) is 23.0 Å². The lowest BCUT2D eigenvalue weighted by Crippen LogP contribution is -2.50. The van der Waals surface area contributed by atoms with Crippen LogP contribution in [0.5, 0.6) is 0 Å². The number of benzene rings is 2. The fourth-order valence-electron chi connectivity index (χ4n) is 2.99. The lowest BCUT2D eigenvalue weighted by molar-refractivity contribution is 0.0527. The lowest BCUT2D eigenvalue weighted by Gasteiger charge is -2.37. The van der Waals surface area contributed by atoms with Gasteiger partial charge in [0.05, 0.1) is 17.9 Å². The topological polar surface area (TPSA) is 44.8 Å². The van der Waals surface area contributed by atoms with Crippen LogP contribution in [0.2, 0.25) is 0 Å². The number of ether oxygens (including phenoxy) is 1. The van der Waals surface area contributed by atoms with Crippen molar-refractivity contribution in [2.45, 2.75) is 6.92 Å². The van der Waals surface area contributed by atoms with Crippen LogP contribution < -0.4 is 10.2 Å². The minimum Gasteiger partial charge on any atom is -0.462 e. The number of anilines is 2. The number of esters is 1. The summed E-state index contributed by atoms with van der Waals surface area (Å²) in [5.74, 6) is -0.604. The molecule has 0 unspecified atom stereocenters. The molecule has 142 valence electrons. The monoisotopic (exact) mass is 387 g/mol. The highest BCUT2D eigenvalue weighted by molar-refractivity contribution is 7.80. The van der Waals surface area contributed by atoms with Crippen LogP contribution in [0.15, 0.2) is 48.5 Å². The first-order valence-corrected chi connectivity index (χ1v) is 9.32. The summed E-state index contributed by atoms with van der Waals surface area (Å²) in [5, 5.41) is 3.74. The molecule has 0 radical (unpaired) electrons. The Kier molecular flexibility index (Phi) is 6.24. The fourth-order valence-corrected chi connectivity index (χ4v) is 3.29. The highest BCUT2D eigenvalue weighted by atomic mass is 32.1. The van der Waals surface area contributed by atoms with Gasteiger partial charge in [0.15, 0.2) is 5.11 Å². The molecule has 7 heteroatoms. The number of carbonyl (C=O) groups excluding carboxylic acids is 1. The predicted octanol–water partition coefficient (Wildman–Crippen LogP) is 3.52. The third kappa shape index (κ3) is 4.74. The van der Waals surface area contributed by atoms with Gasteiger partial charge in [-0.1, -0.05) is 12.1 Å². The Morgan fingerprint density at radius 1 is 1.11 bits per heavy atom. The standard InChI is InChI=1S/C20H22FN3O2S/c1-2-26-19(25)17-5-3-4-6-18(17)22-20(27)24-13-11-23(12-14-24)16-9-7-15(21)8-10-16/h3-10H,2,11-14H2,1H3,(H,22,27). The number of carbonyl (C=O) groups is 1. The van der Waals surface area contributed by atoms with Gasteiger partial charge in [-0.15, -0.1) is 0 Å². The van der Waals surface area contributed by atoms with Crippen molar-refractivity contribution in [3.05, 3.63) is 59.9 Å². The normalized spacial score (nSPS) is 14.0. The minimum atomic E-state index is -0.371. The number of rotatable bonds is 4. The zero-order chi connectivity index (χ0) is 19.2. The molecule has 0 aromatic heterocycles. The molecule has 0 saturated carbocycles. The van der Waals surface area contributed by atoms with Crippen LogP contribution in [0, 0.1) is 5.82 Å². The lowest BCUT2D eigenvalue weighted by atomic mass is 10.2. The van der Waals surface area contributed by atoms with Crippen LogP contribution in [0.4, 0.5) is 15.8 Å². The Balaban J connectivity index is 1.60. The SMILES string of the molecule is CCOC(=O)c1ccccc1NC(=S)N1CCN(c2ccc(F)cc2)CC1. The average molecular weight is 387 g/mol. The molecule has 27 heavy (non-hydrogen) atoms. The summed E-state index contributed by atoms with van der Waals surface area (Å²) in [6.07, 6.45) is 0. The zero-order valence-electron chi connectivity index (χ0n) is 15.2. The Morgan fingerprint density at radius 2 is 1.78 bits per heavy atom. The Bertz CT molecular complexity index is 805. The first-order valence-electron chi connectivity index (χ1n) is 8.91. The van der Waals surface area contributed by atoms with E-state index in [1.165, 1.54) is 12.1 Å². The molecular weight excluding hydrogens is 365 g/mol. The van der Waals surface area contributed by atoms with E-state index >= 15 is 0 Å². The molecule has 3 rings (SSSR count). The minimum absolute atomic E-state index is 0.233. The summed E-state index contributed by atoms with van der Waals surface area (Å²) in [4.78, 5) is 16.4. The average Bonchev–Trinajstić information content (AvgIpc) is 2.69. The van der Waals surface area contributed by atoms with E-state index in [2.05, 4.69) is 15.1 Å². The molecule has 2 aromatic carbocycles. The van der Waals surface area contributed by atoms with Gasteiger partial charge in [0.2, 0.25) is 0 Å². The van der Waals surface area contributed by atoms with Gasteiger partial charge in [-0.3, -0.25) is 0 Å². The van der Waals surface area contributed by atoms with Gasteiger partial charge in [0, 0.05) is 31.9 Å². The Morgan fingerprint density at radius 3 is 2.44 bits per heavy atom. The Hall–Kier alpha value is -2.67. The maximum Gasteiger partial charge on any atom is 0.340 e. The molecule has 0 atom stereocenters. The molecule has 0 bridgehead atoms. The van der Waals surface area contributed by atoms with Gasteiger partial charge in [-0.05, 0) is 55.5 Å². The molecule has 0 spiro atoms. The van der Waals surface area contributed by atoms with Gasteiger partial charge < -0.3 is 19.9 Å². The van der Waals surface area contributed by atoms with Crippen LogP contribution in [0.25, 0.3) is 0 Å². The molecule has 0 aliphatic carbocycles. The van der Waals surface area contributed by atoms with Gasteiger partial charge in [-0.2, -0.15) is 0 Å². The number of thiocarbonyl (C=S) groups is 1. The summed E-state index contributed by atoms with van der Waals surface area (Å²) < 4.78 is 18.2. The summed E-state index contributed by atoms with van der Waals surface area (Å²) in [5.41, 5.74) is 2.11. The highest BCUT2D eigenvalue weighted by Crippen LogP contribution is 2.19. The summed E-state index contributed by atoms with van der Waals surface area (Å²) >= 11 is 5.53. The van der Waals surface area contributed by atoms with E-state index in [-0.39, 0.29) is 11.8 Å². The van der Waals surface area contributed by atoms with Crippen molar-refractivity contribution in [3.63, 3.8) is 0 Å². The third-order valence-electron chi connectivity index (χ3n) is 4.42. The van der Waals surface area contributed by atoms with E-state index in [0.717, 1.165) is 31.9 Å². The van der Waals surface area contributed by atoms with Crippen LogP contribution in [0.3, 0.4) is 0 Å². The van der Waals surface area contributed by atoms with Crippen LogP contribution in [-0.4, -0.2) is 48.8 Å². The zero-order valence-corrected chi connectivity index (χ0v) is 16.0.